The topological polar surface area (TPSA) is 23.6 Å². The molecule has 0 radical (unpaired) electrons. The molecule has 0 N–H and O–H groups in total. The van der Waals surface area contributed by atoms with Gasteiger partial charge in [0.2, 0.25) is 5.91 Å². The fraction of sp³-hybridized carbons (Fsp3) is 0.625. The van der Waals surface area contributed by atoms with Crippen LogP contribution < -0.4 is 0 Å². The maximum absolute atomic E-state index is 11.2. The third-order valence-corrected chi connectivity index (χ3v) is 3.77. The van der Waals surface area contributed by atoms with Crippen molar-refractivity contribution in [3.63, 3.8) is 0 Å². The van der Waals surface area contributed by atoms with E-state index in [4.69, 9.17) is 0 Å². The lowest BCUT2D eigenvalue weighted by Crippen LogP contribution is -2.49. The van der Waals surface area contributed by atoms with E-state index in [1.54, 1.807) is 0 Å². The summed E-state index contributed by atoms with van der Waals surface area (Å²) in [5, 5.41) is 0. The van der Waals surface area contributed by atoms with Gasteiger partial charge in [0.15, 0.2) is 0 Å². The molecule has 2 fully saturated rings. The molecule has 0 aromatic rings. The van der Waals surface area contributed by atoms with Crippen LogP contribution in [0, 0.1) is 5.92 Å². The van der Waals surface area contributed by atoms with Crippen molar-refractivity contribution in [2.75, 3.05) is 19.6 Å². The summed E-state index contributed by atoms with van der Waals surface area (Å²) in [6.45, 7) is 6.43. The molecule has 2 saturated heterocycles. The Labute approximate surface area is 85.9 Å². The molecular weight excluding hydrogens is 267 g/mol. The van der Waals surface area contributed by atoms with Crippen LogP contribution >= 0.6 is 22.9 Å². The Morgan fingerprint density at radius 2 is 2.25 bits per heavy atom. The van der Waals surface area contributed by atoms with Crippen LogP contribution in [0.25, 0.3) is 0 Å². The highest BCUT2D eigenvalue weighted by Crippen LogP contribution is 2.34. The summed E-state index contributed by atoms with van der Waals surface area (Å²) in [7, 11) is 0. The monoisotopic (exact) mass is 278 g/mol. The summed E-state index contributed by atoms with van der Waals surface area (Å²) >= 11 is 2.33. The minimum atomic E-state index is 0.0780. The first-order valence-corrected chi connectivity index (χ1v) is 5.02. The Balaban J connectivity index is 1.98. The molecule has 2 atom stereocenters. The van der Waals surface area contributed by atoms with Gasteiger partial charge in [-0.25, -0.2) is 3.11 Å². The molecule has 4 heteroatoms. The molecule has 0 saturated carbocycles. The Morgan fingerprint density at radius 3 is 2.75 bits per heavy atom. The van der Waals surface area contributed by atoms with E-state index in [0.717, 1.165) is 19.6 Å². The third kappa shape index (κ3) is 1.17. The summed E-state index contributed by atoms with van der Waals surface area (Å²) in [6.07, 6.45) is 1.41. The minimum absolute atomic E-state index is 0.0780. The van der Waals surface area contributed by atoms with Gasteiger partial charge in [-0.3, -0.25) is 4.79 Å². The average molecular weight is 278 g/mol. The number of amides is 1. The van der Waals surface area contributed by atoms with E-state index in [1.807, 2.05) is 4.90 Å². The second-order valence-electron chi connectivity index (χ2n) is 3.36. The number of hydrogen-bond acceptors (Lipinski definition) is 2. The van der Waals surface area contributed by atoms with Crippen molar-refractivity contribution in [1.82, 2.24) is 8.01 Å². The van der Waals surface area contributed by atoms with Gasteiger partial charge in [-0.1, -0.05) is 6.58 Å². The van der Waals surface area contributed by atoms with Gasteiger partial charge in [0, 0.05) is 54.5 Å². The van der Waals surface area contributed by atoms with Gasteiger partial charge in [-0.05, 0) is 6.08 Å². The molecule has 2 heterocycles. The zero-order valence-corrected chi connectivity index (χ0v) is 8.90. The summed E-state index contributed by atoms with van der Waals surface area (Å²) in [4.78, 5) is 13.1. The van der Waals surface area contributed by atoms with E-state index in [9.17, 15) is 4.79 Å². The van der Waals surface area contributed by atoms with Crippen LogP contribution in [0.15, 0.2) is 12.7 Å². The Kier molecular flexibility index (Phi) is 2.12. The molecule has 2 aliphatic heterocycles. The number of likely N-dealkylation sites (tertiary alicyclic amines) is 1. The van der Waals surface area contributed by atoms with Crippen molar-refractivity contribution in [2.45, 2.75) is 6.04 Å². The molecule has 2 aliphatic rings. The molecule has 0 spiro atoms. The molecule has 3 nitrogen and oxygen atoms in total. The minimum Gasteiger partial charge on any atom is -0.337 e. The standard InChI is InChI=1S/C8H11IN2O/c1-2-8(12)10-3-6-4-11(9)7(6)5-10/h2,6-7H,1,3-5H2. The van der Waals surface area contributed by atoms with E-state index in [-0.39, 0.29) is 5.91 Å². The number of rotatable bonds is 1. The fourth-order valence-corrected chi connectivity index (χ4v) is 3.02. The lowest BCUT2D eigenvalue weighted by Gasteiger charge is -2.38. The van der Waals surface area contributed by atoms with Crippen LogP contribution in [-0.4, -0.2) is 39.6 Å². The van der Waals surface area contributed by atoms with E-state index < -0.39 is 0 Å². The average Bonchev–Trinajstić information content (AvgIpc) is 2.41. The van der Waals surface area contributed by atoms with E-state index in [2.05, 4.69) is 32.6 Å². The van der Waals surface area contributed by atoms with Crippen molar-refractivity contribution in [3.8, 4) is 0 Å². The van der Waals surface area contributed by atoms with Gasteiger partial charge in [0.25, 0.3) is 0 Å². The molecule has 2 rings (SSSR count). The first-order chi connectivity index (χ1) is 5.72. The second kappa shape index (κ2) is 2.99. The molecule has 66 valence electrons. The first-order valence-electron chi connectivity index (χ1n) is 4.06. The molecule has 12 heavy (non-hydrogen) atoms. The van der Waals surface area contributed by atoms with Crippen LogP contribution in [0.1, 0.15) is 0 Å². The number of hydrogen-bond donors (Lipinski definition) is 0. The highest BCUT2D eigenvalue weighted by molar-refractivity contribution is 14.1. The summed E-state index contributed by atoms with van der Waals surface area (Å²) in [5.41, 5.74) is 0. The summed E-state index contributed by atoms with van der Waals surface area (Å²) in [6, 6.07) is 0.606. The maximum atomic E-state index is 11.2. The Morgan fingerprint density at radius 1 is 1.50 bits per heavy atom. The van der Waals surface area contributed by atoms with Crippen LogP contribution in [-0.2, 0) is 4.79 Å². The predicted octanol–water partition coefficient (Wildman–Crippen LogP) is 0.665. The SMILES string of the molecule is C=CC(=O)N1CC2CN(I)C2C1. The van der Waals surface area contributed by atoms with Crippen molar-refractivity contribution in [1.29, 1.82) is 0 Å². The van der Waals surface area contributed by atoms with Crippen molar-refractivity contribution in [2.24, 2.45) is 5.92 Å². The van der Waals surface area contributed by atoms with E-state index in [0.29, 0.717) is 12.0 Å². The molecule has 0 aromatic heterocycles. The quantitative estimate of drug-likeness (QED) is 0.400. The molecule has 2 unspecified atom stereocenters. The van der Waals surface area contributed by atoms with Crippen LogP contribution in [0.2, 0.25) is 0 Å². The maximum Gasteiger partial charge on any atom is 0.246 e. The van der Waals surface area contributed by atoms with Crippen LogP contribution in [0.5, 0.6) is 0 Å². The van der Waals surface area contributed by atoms with E-state index >= 15 is 0 Å². The van der Waals surface area contributed by atoms with Crippen molar-refractivity contribution < 1.29 is 4.79 Å². The lowest BCUT2D eigenvalue weighted by molar-refractivity contribution is -0.125. The Hall–Kier alpha value is -0.100. The van der Waals surface area contributed by atoms with Gasteiger partial charge in [-0.2, -0.15) is 0 Å². The zero-order chi connectivity index (χ0) is 8.72. The highest BCUT2D eigenvalue weighted by Gasteiger charge is 2.45. The van der Waals surface area contributed by atoms with Crippen molar-refractivity contribution >= 4 is 28.8 Å². The largest absolute Gasteiger partial charge is 0.337 e. The predicted molar refractivity (Wildman–Crippen MR) is 54.8 cm³/mol. The van der Waals surface area contributed by atoms with Gasteiger partial charge in [-0.15, -0.1) is 0 Å². The second-order valence-corrected chi connectivity index (χ2v) is 4.60. The fourth-order valence-electron chi connectivity index (χ4n) is 1.88. The number of halogens is 1. The number of nitrogens with zero attached hydrogens (tertiary/aromatic N) is 2. The molecule has 0 aromatic carbocycles. The summed E-state index contributed by atoms with van der Waals surface area (Å²) in [5.74, 6) is 0.792. The van der Waals surface area contributed by atoms with Gasteiger partial charge < -0.3 is 4.90 Å². The van der Waals surface area contributed by atoms with Crippen LogP contribution in [0.4, 0.5) is 0 Å². The van der Waals surface area contributed by atoms with Gasteiger partial charge in [0.1, 0.15) is 0 Å². The normalized spacial score (nSPS) is 34.2. The van der Waals surface area contributed by atoms with Gasteiger partial charge >= 0.3 is 0 Å². The van der Waals surface area contributed by atoms with Gasteiger partial charge in [0.05, 0.1) is 0 Å². The Bertz CT molecular complexity index is 231. The molecule has 0 bridgehead atoms. The summed E-state index contributed by atoms with van der Waals surface area (Å²) < 4.78 is 2.28. The van der Waals surface area contributed by atoms with Crippen molar-refractivity contribution in [3.05, 3.63) is 12.7 Å². The highest BCUT2D eigenvalue weighted by atomic mass is 127. The van der Waals surface area contributed by atoms with Crippen LogP contribution in [0.3, 0.4) is 0 Å². The molecule has 0 aliphatic carbocycles. The number of fused-ring (bicyclic) bond motifs is 1. The lowest BCUT2D eigenvalue weighted by atomic mass is 9.96. The number of carbonyl (C=O) groups excluding carboxylic acids is 1. The van der Waals surface area contributed by atoms with E-state index in [1.165, 1.54) is 6.08 Å². The third-order valence-electron chi connectivity index (χ3n) is 2.66. The smallest absolute Gasteiger partial charge is 0.246 e. The molecular formula is C8H11IN2O. The number of carbonyl (C=O) groups is 1. The molecule has 1 amide bonds. The zero-order valence-electron chi connectivity index (χ0n) is 6.74. The first kappa shape index (κ1) is 8.50.